The summed E-state index contributed by atoms with van der Waals surface area (Å²) in [7, 11) is 0. The number of aromatic hydroxyl groups is 1. The van der Waals surface area contributed by atoms with Crippen molar-refractivity contribution in [1.29, 1.82) is 0 Å². The molecular formula is C16H18BrNO2. The van der Waals surface area contributed by atoms with Gasteiger partial charge in [0.15, 0.2) is 0 Å². The summed E-state index contributed by atoms with van der Waals surface area (Å²) in [5, 5.41) is 20.2. The van der Waals surface area contributed by atoms with Crippen LogP contribution < -0.4 is 0 Å². The molecule has 1 aromatic carbocycles. The molecule has 1 aromatic heterocycles. The minimum absolute atomic E-state index is 0.304. The molecule has 0 amide bonds. The number of benzene rings is 1. The van der Waals surface area contributed by atoms with Crippen LogP contribution in [0.5, 0.6) is 5.75 Å². The van der Waals surface area contributed by atoms with Crippen molar-refractivity contribution < 1.29 is 10.2 Å². The lowest BCUT2D eigenvalue weighted by Gasteiger charge is -2.37. The summed E-state index contributed by atoms with van der Waals surface area (Å²) in [5.74, 6) is 0.304. The van der Waals surface area contributed by atoms with Gasteiger partial charge in [0.2, 0.25) is 0 Å². The van der Waals surface area contributed by atoms with Crippen molar-refractivity contribution >= 4 is 15.9 Å². The first-order chi connectivity index (χ1) is 9.57. The van der Waals surface area contributed by atoms with Crippen LogP contribution in [0.2, 0.25) is 0 Å². The number of rotatable bonds is 2. The van der Waals surface area contributed by atoms with Crippen molar-refractivity contribution in [3.63, 3.8) is 0 Å². The van der Waals surface area contributed by atoms with E-state index in [9.17, 15) is 10.2 Å². The molecule has 3 rings (SSSR count). The quantitative estimate of drug-likeness (QED) is 0.872. The zero-order chi connectivity index (χ0) is 14.2. The van der Waals surface area contributed by atoms with Crippen LogP contribution in [0.4, 0.5) is 0 Å². The third kappa shape index (κ3) is 2.63. The highest BCUT2D eigenvalue weighted by molar-refractivity contribution is 9.10. The van der Waals surface area contributed by atoms with E-state index in [4.69, 9.17) is 0 Å². The molecule has 0 unspecified atom stereocenters. The fourth-order valence-electron chi connectivity index (χ4n) is 3.06. The normalized spacial score (nSPS) is 26.6. The Morgan fingerprint density at radius 1 is 1.10 bits per heavy atom. The molecule has 0 spiro atoms. The van der Waals surface area contributed by atoms with Crippen molar-refractivity contribution in [2.45, 2.75) is 37.3 Å². The van der Waals surface area contributed by atoms with Gasteiger partial charge in [0, 0.05) is 22.9 Å². The lowest BCUT2D eigenvalue weighted by atomic mass is 9.78. The van der Waals surface area contributed by atoms with Gasteiger partial charge in [-0.25, -0.2) is 0 Å². The Labute approximate surface area is 127 Å². The Kier molecular flexibility index (Phi) is 3.61. The van der Waals surface area contributed by atoms with Crippen molar-refractivity contribution in [3.8, 4) is 5.75 Å². The topological polar surface area (TPSA) is 45.4 Å². The first-order valence-corrected chi connectivity index (χ1v) is 7.71. The predicted octanol–water partition coefficient (Wildman–Crippen LogP) is 3.96. The van der Waals surface area contributed by atoms with E-state index in [1.54, 1.807) is 12.3 Å². The Morgan fingerprint density at radius 2 is 1.75 bits per heavy atom. The van der Waals surface area contributed by atoms with Crippen molar-refractivity contribution in [1.82, 2.24) is 4.57 Å². The monoisotopic (exact) mass is 335 g/mol. The molecule has 1 fully saturated rings. The van der Waals surface area contributed by atoms with Crippen LogP contribution in [0.3, 0.4) is 0 Å². The summed E-state index contributed by atoms with van der Waals surface area (Å²) in [6, 6.07) is 10.0. The Balaban J connectivity index is 1.72. The fraction of sp³-hybridized carbons (Fsp3) is 0.375. The lowest BCUT2D eigenvalue weighted by Crippen LogP contribution is -2.32. The summed E-state index contributed by atoms with van der Waals surface area (Å²) < 4.78 is 3.08. The minimum atomic E-state index is -0.716. The van der Waals surface area contributed by atoms with E-state index in [2.05, 4.69) is 20.5 Å². The highest BCUT2D eigenvalue weighted by Gasteiger charge is 2.35. The Morgan fingerprint density at radius 3 is 2.30 bits per heavy atom. The molecule has 2 aromatic rings. The number of nitrogens with zero attached hydrogens (tertiary/aromatic N) is 1. The van der Waals surface area contributed by atoms with Crippen molar-refractivity contribution in [2.24, 2.45) is 0 Å². The molecular weight excluding hydrogens is 318 g/mol. The standard InChI is InChI=1S/C16H18BrNO2/c17-13-3-1-12(2-4-13)16(20)8-5-14(6-9-16)18-10-7-15(19)11-18/h1-4,7,10-11,14,19-20H,5-6,8-9H2. The summed E-state index contributed by atoms with van der Waals surface area (Å²) >= 11 is 3.42. The molecule has 4 heteroatoms. The molecule has 1 saturated carbocycles. The van der Waals surface area contributed by atoms with Crippen LogP contribution in [0.1, 0.15) is 37.3 Å². The van der Waals surface area contributed by atoms with Gasteiger partial charge in [0.05, 0.1) is 5.60 Å². The second-order valence-electron chi connectivity index (χ2n) is 5.59. The van der Waals surface area contributed by atoms with Gasteiger partial charge in [-0.15, -0.1) is 0 Å². The second-order valence-corrected chi connectivity index (χ2v) is 6.50. The van der Waals surface area contributed by atoms with Gasteiger partial charge in [0.1, 0.15) is 5.75 Å². The molecule has 20 heavy (non-hydrogen) atoms. The van der Waals surface area contributed by atoms with Gasteiger partial charge in [-0.3, -0.25) is 0 Å². The van der Waals surface area contributed by atoms with E-state index in [-0.39, 0.29) is 0 Å². The number of aromatic nitrogens is 1. The third-order valence-electron chi connectivity index (χ3n) is 4.28. The summed E-state index contributed by atoms with van der Waals surface area (Å²) in [4.78, 5) is 0. The van der Waals surface area contributed by atoms with Gasteiger partial charge in [-0.2, -0.15) is 0 Å². The molecule has 0 atom stereocenters. The Hall–Kier alpha value is -1.26. The highest BCUT2D eigenvalue weighted by Crippen LogP contribution is 2.41. The maximum atomic E-state index is 10.8. The molecule has 1 aliphatic carbocycles. The number of halogens is 1. The molecule has 0 aliphatic heterocycles. The average molecular weight is 336 g/mol. The molecule has 2 N–H and O–H groups in total. The van der Waals surface area contributed by atoms with Crippen molar-refractivity contribution in [2.75, 3.05) is 0 Å². The van der Waals surface area contributed by atoms with E-state index in [1.807, 2.05) is 30.5 Å². The zero-order valence-corrected chi connectivity index (χ0v) is 12.8. The molecule has 1 aliphatic rings. The van der Waals surface area contributed by atoms with Gasteiger partial charge < -0.3 is 14.8 Å². The van der Waals surface area contributed by atoms with E-state index in [1.165, 1.54) is 0 Å². The van der Waals surface area contributed by atoms with Gasteiger partial charge in [0.25, 0.3) is 0 Å². The van der Waals surface area contributed by atoms with Crippen LogP contribution in [0, 0.1) is 0 Å². The van der Waals surface area contributed by atoms with Gasteiger partial charge in [-0.05, 0) is 49.4 Å². The SMILES string of the molecule is Oc1ccn(C2CCC(O)(c3ccc(Br)cc3)CC2)c1. The Bertz CT molecular complexity index is 583. The molecule has 0 bridgehead atoms. The lowest BCUT2D eigenvalue weighted by molar-refractivity contribution is -0.0123. The van der Waals surface area contributed by atoms with Crippen LogP contribution >= 0.6 is 15.9 Å². The minimum Gasteiger partial charge on any atom is -0.506 e. The third-order valence-corrected chi connectivity index (χ3v) is 4.81. The summed E-state index contributed by atoms with van der Waals surface area (Å²) in [6.07, 6.45) is 7.00. The molecule has 3 nitrogen and oxygen atoms in total. The summed E-state index contributed by atoms with van der Waals surface area (Å²) in [6.45, 7) is 0. The molecule has 106 valence electrons. The van der Waals surface area contributed by atoms with Gasteiger partial charge >= 0.3 is 0 Å². The van der Waals surface area contributed by atoms with Crippen LogP contribution in [-0.4, -0.2) is 14.8 Å². The van der Waals surface area contributed by atoms with Crippen LogP contribution in [0.25, 0.3) is 0 Å². The van der Waals surface area contributed by atoms with E-state index in [0.717, 1.165) is 35.7 Å². The number of aliphatic hydroxyl groups is 1. The van der Waals surface area contributed by atoms with Gasteiger partial charge in [-0.1, -0.05) is 28.1 Å². The smallest absolute Gasteiger partial charge is 0.133 e. The van der Waals surface area contributed by atoms with Crippen molar-refractivity contribution in [3.05, 3.63) is 52.8 Å². The second kappa shape index (κ2) is 5.26. The molecule has 0 radical (unpaired) electrons. The number of hydrogen-bond donors (Lipinski definition) is 2. The van der Waals surface area contributed by atoms with E-state index < -0.39 is 5.60 Å². The van der Waals surface area contributed by atoms with E-state index in [0.29, 0.717) is 11.8 Å². The van der Waals surface area contributed by atoms with Crippen LogP contribution in [0.15, 0.2) is 47.2 Å². The maximum absolute atomic E-state index is 10.8. The maximum Gasteiger partial charge on any atom is 0.133 e. The predicted molar refractivity (Wildman–Crippen MR) is 81.6 cm³/mol. The largest absolute Gasteiger partial charge is 0.506 e. The molecule has 1 heterocycles. The first kappa shape index (κ1) is 13.7. The molecule has 0 saturated heterocycles. The van der Waals surface area contributed by atoms with E-state index >= 15 is 0 Å². The summed E-state index contributed by atoms with van der Waals surface area (Å²) in [5.41, 5.74) is 0.279. The average Bonchev–Trinajstić information content (AvgIpc) is 2.87. The number of hydrogen-bond acceptors (Lipinski definition) is 2. The highest BCUT2D eigenvalue weighted by atomic mass is 79.9. The zero-order valence-electron chi connectivity index (χ0n) is 11.2. The van der Waals surface area contributed by atoms with Crippen LogP contribution in [-0.2, 0) is 5.60 Å². The first-order valence-electron chi connectivity index (χ1n) is 6.92. The fourth-order valence-corrected chi connectivity index (χ4v) is 3.32.